The molecule has 9 aromatic carbocycles. The van der Waals surface area contributed by atoms with Crippen molar-refractivity contribution < 1.29 is 41.4 Å². The van der Waals surface area contributed by atoms with Gasteiger partial charge in [0.2, 0.25) is 0 Å². The van der Waals surface area contributed by atoms with Gasteiger partial charge in [-0.2, -0.15) is 16.9 Å². The minimum absolute atomic E-state index is 0. The second-order valence-electron chi connectivity index (χ2n) is 15.6. The fourth-order valence-electron chi connectivity index (χ4n) is 7.87. The van der Waals surface area contributed by atoms with E-state index >= 15 is 0 Å². The topological polar surface area (TPSA) is 18.5 Å². The number of rotatable bonds is 15. The number of benzene rings is 9. The van der Waals surface area contributed by atoms with Gasteiger partial charge in [-0.3, -0.25) is 8.80 Å². The molecule has 0 fully saturated rings. The summed E-state index contributed by atoms with van der Waals surface area (Å²) in [7, 11) is -2.88. The average Bonchev–Trinajstić information content (AvgIpc) is 3.42. The third kappa shape index (κ3) is 17.8. The summed E-state index contributed by atoms with van der Waals surface area (Å²) >= 11 is 0. The molecule has 8 heteroatoms. The van der Waals surface area contributed by atoms with Gasteiger partial charge in [0.15, 0.2) is 0 Å². The quantitative estimate of drug-likeness (QED) is 0.0767. The second-order valence-corrected chi connectivity index (χ2v) is 24.5. The monoisotopic (exact) mass is 1110 g/mol. The average molecular weight is 1110 g/mol. The molecule has 364 valence electrons. The van der Waals surface area contributed by atoms with E-state index in [4.69, 9.17) is 9.47 Å². The van der Waals surface area contributed by atoms with E-state index < -0.39 is 32.6 Å². The van der Waals surface area contributed by atoms with Crippen LogP contribution in [0.2, 0.25) is 6.55 Å². The van der Waals surface area contributed by atoms with Crippen molar-refractivity contribution in [3.63, 3.8) is 0 Å². The van der Waals surface area contributed by atoms with Crippen LogP contribution in [0.5, 0.6) is 0 Å². The summed E-state index contributed by atoms with van der Waals surface area (Å²) in [5.74, 6) is 0. The first kappa shape index (κ1) is 58.9. The van der Waals surface area contributed by atoms with Crippen molar-refractivity contribution in [3.05, 3.63) is 261 Å². The van der Waals surface area contributed by atoms with E-state index in [0.717, 1.165) is 26.4 Å². The molecule has 0 saturated carbocycles. The van der Waals surface area contributed by atoms with E-state index in [1.807, 2.05) is 27.7 Å². The van der Waals surface area contributed by atoms with Gasteiger partial charge in [-0.1, -0.05) is 261 Å². The van der Waals surface area contributed by atoms with Crippen molar-refractivity contribution >= 4 is 90.7 Å². The van der Waals surface area contributed by atoms with Crippen LogP contribution in [0.15, 0.2) is 261 Å². The van der Waals surface area contributed by atoms with Crippen molar-refractivity contribution in [2.75, 3.05) is 26.4 Å². The molecular weight excluding hydrogens is 1050 g/mol. The molecule has 0 amide bonds. The Morgan fingerprint density at radius 2 is 0.465 bits per heavy atom. The van der Waals surface area contributed by atoms with E-state index in [9.17, 15) is 0 Å². The van der Waals surface area contributed by atoms with Crippen LogP contribution in [0.4, 0.5) is 0 Å². The number of ether oxygens (including phenoxy) is 2. The summed E-state index contributed by atoms with van der Waals surface area (Å²) < 4.78 is 9.67. The molecule has 0 spiro atoms. The summed E-state index contributed by atoms with van der Waals surface area (Å²) in [6, 6.07) is 95.1. The van der Waals surface area contributed by atoms with E-state index in [1.165, 1.54) is 58.1 Å². The van der Waals surface area contributed by atoms with E-state index in [1.54, 1.807) is 0 Å². The number of hydrogen-bond donors (Lipinski definition) is 0. The molecule has 0 atom stereocenters. The molecule has 0 heterocycles. The van der Waals surface area contributed by atoms with E-state index in [-0.39, 0.29) is 31.9 Å². The van der Waals surface area contributed by atoms with Crippen molar-refractivity contribution in [3.8, 4) is 0 Å². The Morgan fingerprint density at radius 3 is 0.662 bits per heavy atom. The standard InChI is InChI=1S/C37H31P2Si.C18H15P.2C4H10O.ClH.Ru/c1-40(36-28-16-14-26-34(36)38(30-18-6-2-7-19-30)31-20-8-3-9-21-31)37-29-17-15-27-35(37)39(32-22-10-4-11-23-32)33-24-12-5-13-25-33;1-4-10-16(11-5-1)19(17-12-6-2-7-13-17)18-14-8-3-9-15-18;2*1-3-5-4-2;;/h2-29H,1H3;1-15H;2*3-4H2,1-2H3;1H;/q-1;;;;;+2/p-1. The molecule has 71 heavy (non-hydrogen) atoms. The zero-order valence-electron chi connectivity index (χ0n) is 41.5. The molecule has 0 unspecified atom stereocenters. The van der Waals surface area contributed by atoms with Gasteiger partial charge in [0.05, 0.1) is 0 Å². The summed E-state index contributed by atoms with van der Waals surface area (Å²) in [6.45, 7) is 13.8. The van der Waals surface area contributed by atoms with E-state index in [0.29, 0.717) is 0 Å². The van der Waals surface area contributed by atoms with Gasteiger partial charge in [-0.05, 0) is 99.2 Å². The normalized spacial score (nSPS) is 10.3. The van der Waals surface area contributed by atoms with Crippen LogP contribution in [0.3, 0.4) is 0 Å². The van der Waals surface area contributed by atoms with E-state index in [2.05, 4.69) is 267 Å². The van der Waals surface area contributed by atoms with Gasteiger partial charge in [0.25, 0.3) is 0 Å². The fraction of sp³-hybridized carbons (Fsp3) is 0.143. The second kappa shape index (κ2) is 33.9. The molecule has 0 aliphatic carbocycles. The predicted octanol–water partition coefficient (Wildman–Crippen LogP) is 7.97. The zero-order valence-corrected chi connectivity index (χ0v) is 47.7. The minimum Gasteiger partial charge on any atom is -1.00 e. The van der Waals surface area contributed by atoms with Gasteiger partial charge < -0.3 is 21.9 Å². The Hall–Kier alpha value is -4.68. The molecule has 0 saturated heterocycles. The largest absolute Gasteiger partial charge is 2.00 e. The van der Waals surface area contributed by atoms with Crippen LogP contribution in [0.1, 0.15) is 27.7 Å². The Kier molecular flexibility index (Phi) is 28.1. The molecule has 0 N–H and O–H groups in total. The molecule has 0 aliphatic heterocycles. The summed E-state index contributed by atoms with van der Waals surface area (Å²) in [6.07, 6.45) is 0. The molecule has 0 bridgehead atoms. The Balaban J connectivity index is 0.000000293. The maximum atomic E-state index is 4.83. The van der Waals surface area contributed by atoms with Gasteiger partial charge in [0.1, 0.15) is 0 Å². The third-order valence-corrected chi connectivity index (χ3v) is 21.4. The smallest absolute Gasteiger partial charge is 1.00 e. The van der Waals surface area contributed by atoms with Crippen LogP contribution in [0.25, 0.3) is 0 Å². The summed E-state index contributed by atoms with van der Waals surface area (Å²) in [4.78, 5) is 0. The van der Waals surface area contributed by atoms with Crippen molar-refractivity contribution in [2.24, 2.45) is 0 Å². The minimum atomic E-state index is -1.09. The first-order valence-electron chi connectivity index (χ1n) is 24.0. The summed E-state index contributed by atoms with van der Waals surface area (Å²) in [5.41, 5.74) is 0. The molecule has 9 aromatic rings. The summed E-state index contributed by atoms with van der Waals surface area (Å²) in [5, 5.41) is 15.8. The molecule has 9 rings (SSSR count). The van der Waals surface area contributed by atoms with Gasteiger partial charge in [-0.25, -0.2) is 0 Å². The van der Waals surface area contributed by atoms with Crippen LogP contribution in [-0.4, -0.2) is 35.2 Å². The number of hydrogen-bond acceptors (Lipinski definition) is 2. The predicted molar refractivity (Wildman–Crippen MR) is 311 cm³/mol. The van der Waals surface area contributed by atoms with Crippen LogP contribution in [0, 0.1) is 0 Å². The van der Waals surface area contributed by atoms with Gasteiger partial charge >= 0.3 is 19.5 Å². The number of halogens is 1. The molecular formula is C63H66ClO2P3RuSi. The Bertz CT molecular complexity index is 2440. The Morgan fingerprint density at radius 1 is 0.282 bits per heavy atom. The first-order chi connectivity index (χ1) is 34.1. The fourth-order valence-corrected chi connectivity index (χ4v) is 18.5. The third-order valence-electron chi connectivity index (χ3n) is 11.0. The molecule has 0 aliphatic rings. The maximum absolute atomic E-state index is 4.83. The maximum Gasteiger partial charge on any atom is 2.00 e. The molecule has 2 nitrogen and oxygen atoms in total. The van der Waals surface area contributed by atoms with Crippen LogP contribution >= 0.6 is 23.8 Å². The molecule has 0 radical (unpaired) electrons. The van der Waals surface area contributed by atoms with Crippen LogP contribution in [-0.2, 0) is 29.0 Å². The zero-order chi connectivity index (χ0) is 48.3. The molecule has 0 aromatic heterocycles. The van der Waals surface area contributed by atoms with Crippen LogP contribution < -0.4 is 70.5 Å². The Labute approximate surface area is 450 Å². The van der Waals surface area contributed by atoms with Crippen molar-refractivity contribution in [1.82, 2.24) is 0 Å². The first-order valence-corrected chi connectivity index (χ1v) is 30.0. The van der Waals surface area contributed by atoms with Gasteiger partial charge in [0, 0.05) is 26.4 Å². The van der Waals surface area contributed by atoms with Crippen molar-refractivity contribution in [1.29, 1.82) is 0 Å². The van der Waals surface area contributed by atoms with Crippen molar-refractivity contribution in [2.45, 2.75) is 34.2 Å². The SMILES string of the molecule is CCOCC.CCOCC.C[Si-](c1ccccc1P(c1ccccc1)c1ccccc1)c1ccccc1P(c1ccccc1)c1ccccc1.[Cl-].[Ru+2].c1ccc(P(c2ccccc2)c2ccccc2)cc1. The van der Waals surface area contributed by atoms with Gasteiger partial charge in [-0.15, -0.1) is 0 Å².